The first-order valence-electron chi connectivity index (χ1n) is 5.31. The normalized spacial score (nSPS) is 10.8. The molecule has 1 aromatic rings. The lowest BCUT2D eigenvalue weighted by Gasteiger charge is -2.11. The summed E-state index contributed by atoms with van der Waals surface area (Å²) in [4.78, 5) is 15.1. The lowest BCUT2D eigenvalue weighted by molar-refractivity contribution is -0.142. The van der Waals surface area contributed by atoms with E-state index in [1.165, 1.54) is 6.07 Å². The number of esters is 1. The molecule has 1 rings (SSSR count). The van der Waals surface area contributed by atoms with E-state index in [0.29, 0.717) is 5.56 Å². The van der Waals surface area contributed by atoms with Gasteiger partial charge in [-0.05, 0) is 40.0 Å². The molecule has 0 radical (unpaired) electrons. The largest absolute Gasteiger partial charge is 0.466 e. The fourth-order valence-corrected chi connectivity index (χ4v) is 1.90. The summed E-state index contributed by atoms with van der Waals surface area (Å²) in [5.41, 5.74) is 5.75. The number of pyridine rings is 1. The zero-order valence-corrected chi connectivity index (χ0v) is 11.3. The summed E-state index contributed by atoms with van der Waals surface area (Å²) in [6, 6.07) is 1.45. The molecule has 7 heteroatoms. The van der Waals surface area contributed by atoms with Crippen LogP contribution in [0.15, 0.2) is 10.7 Å². The third kappa shape index (κ3) is 3.71. The fourth-order valence-electron chi connectivity index (χ4n) is 1.43. The van der Waals surface area contributed by atoms with Crippen LogP contribution in [-0.4, -0.2) is 17.6 Å². The second-order valence-electron chi connectivity index (χ2n) is 3.47. The standard InChI is InChI=1S/C11H13BrF2N2O2/c1-2-18-8(17)4-6-3-7(5-15)10(12)16-9(6)11(13)14/h3,11H,2,4-5,15H2,1H3. The number of ether oxygens (including phenoxy) is 1. The molecule has 0 spiro atoms. The van der Waals surface area contributed by atoms with Crippen molar-refractivity contribution in [1.29, 1.82) is 0 Å². The summed E-state index contributed by atoms with van der Waals surface area (Å²) in [5.74, 6) is -0.563. The number of halogens is 3. The number of hydrogen-bond donors (Lipinski definition) is 1. The summed E-state index contributed by atoms with van der Waals surface area (Å²) in [5, 5.41) is 0. The van der Waals surface area contributed by atoms with E-state index in [9.17, 15) is 13.6 Å². The van der Waals surface area contributed by atoms with Crippen molar-refractivity contribution in [2.45, 2.75) is 26.3 Å². The molecule has 0 aromatic carbocycles. The van der Waals surface area contributed by atoms with E-state index in [4.69, 9.17) is 10.5 Å². The maximum Gasteiger partial charge on any atom is 0.310 e. The second kappa shape index (κ2) is 6.75. The molecule has 0 unspecified atom stereocenters. The van der Waals surface area contributed by atoms with Crippen LogP contribution in [0.3, 0.4) is 0 Å². The van der Waals surface area contributed by atoms with Crippen LogP contribution in [0.5, 0.6) is 0 Å². The van der Waals surface area contributed by atoms with Crippen molar-refractivity contribution in [2.75, 3.05) is 6.61 Å². The number of hydrogen-bond acceptors (Lipinski definition) is 4. The molecule has 1 heterocycles. The van der Waals surface area contributed by atoms with Gasteiger partial charge in [-0.2, -0.15) is 0 Å². The SMILES string of the molecule is CCOC(=O)Cc1cc(CN)c(Br)nc1C(F)F. The van der Waals surface area contributed by atoms with Crippen LogP contribution < -0.4 is 5.73 Å². The summed E-state index contributed by atoms with van der Waals surface area (Å²) in [6.07, 6.45) is -2.99. The van der Waals surface area contributed by atoms with E-state index < -0.39 is 18.1 Å². The molecule has 18 heavy (non-hydrogen) atoms. The van der Waals surface area contributed by atoms with Crippen LogP contribution in [-0.2, 0) is 22.5 Å². The van der Waals surface area contributed by atoms with Crippen LogP contribution in [0, 0.1) is 0 Å². The molecule has 0 aliphatic carbocycles. The number of carbonyl (C=O) groups is 1. The third-order valence-electron chi connectivity index (χ3n) is 2.23. The van der Waals surface area contributed by atoms with E-state index >= 15 is 0 Å². The Labute approximate surface area is 112 Å². The summed E-state index contributed by atoms with van der Waals surface area (Å²) in [7, 11) is 0. The molecular formula is C11H13BrF2N2O2. The van der Waals surface area contributed by atoms with Crippen LogP contribution in [0.1, 0.15) is 30.2 Å². The van der Waals surface area contributed by atoms with Crippen molar-refractivity contribution in [3.8, 4) is 0 Å². The Balaban J connectivity index is 3.10. The van der Waals surface area contributed by atoms with E-state index in [1.807, 2.05) is 0 Å². The highest BCUT2D eigenvalue weighted by Crippen LogP contribution is 2.26. The van der Waals surface area contributed by atoms with Gasteiger partial charge in [0.2, 0.25) is 0 Å². The van der Waals surface area contributed by atoms with Gasteiger partial charge in [0, 0.05) is 6.54 Å². The van der Waals surface area contributed by atoms with Crippen molar-refractivity contribution < 1.29 is 18.3 Å². The first kappa shape index (κ1) is 15.0. The van der Waals surface area contributed by atoms with Crippen LogP contribution in [0.2, 0.25) is 0 Å². The zero-order chi connectivity index (χ0) is 13.7. The van der Waals surface area contributed by atoms with E-state index in [2.05, 4.69) is 20.9 Å². The Bertz CT molecular complexity index is 441. The van der Waals surface area contributed by atoms with Gasteiger partial charge in [0.15, 0.2) is 0 Å². The minimum absolute atomic E-state index is 0.145. The predicted molar refractivity (Wildman–Crippen MR) is 65.1 cm³/mol. The Morgan fingerprint density at radius 3 is 2.72 bits per heavy atom. The van der Waals surface area contributed by atoms with Gasteiger partial charge in [-0.1, -0.05) is 0 Å². The Kier molecular flexibility index (Phi) is 5.61. The van der Waals surface area contributed by atoms with Gasteiger partial charge in [-0.15, -0.1) is 0 Å². The molecule has 4 nitrogen and oxygen atoms in total. The smallest absolute Gasteiger partial charge is 0.310 e. The van der Waals surface area contributed by atoms with Gasteiger partial charge in [0.05, 0.1) is 13.0 Å². The van der Waals surface area contributed by atoms with E-state index in [-0.39, 0.29) is 29.7 Å². The molecule has 0 saturated heterocycles. The summed E-state index contributed by atoms with van der Waals surface area (Å²) < 4.78 is 30.6. The Morgan fingerprint density at radius 1 is 1.56 bits per heavy atom. The lowest BCUT2D eigenvalue weighted by atomic mass is 10.1. The molecule has 0 atom stereocenters. The second-order valence-corrected chi connectivity index (χ2v) is 4.22. The van der Waals surface area contributed by atoms with Gasteiger partial charge >= 0.3 is 5.97 Å². The average molecular weight is 323 g/mol. The molecule has 2 N–H and O–H groups in total. The minimum Gasteiger partial charge on any atom is -0.466 e. The molecule has 0 aliphatic rings. The van der Waals surface area contributed by atoms with Crippen molar-refractivity contribution >= 4 is 21.9 Å². The van der Waals surface area contributed by atoms with Crippen LogP contribution in [0.25, 0.3) is 0 Å². The lowest BCUT2D eigenvalue weighted by Crippen LogP contribution is -2.12. The molecule has 100 valence electrons. The van der Waals surface area contributed by atoms with Gasteiger partial charge in [0.25, 0.3) is 6.43 Å². The predicted octanol–water partition coefficient (Wildman–Crippen LogP) is 2.35. The third-order valence-corrected chi connectivity index (χ3v) is 2.91. The first-order valence-corrected chi connectivity index (χ1v) is 6.10. The van der Waals surface area contributed by atoms with E-state index in [0.717, 1.165) is 0 Å². The van der Waals surface area contributed by atoms with Gasteiger partial charge in [-0.3, -0.25) is 4.79 Å². The maximum atomic E-state index is 12.8. The Morgan fingerprint density at radius 2 is 2.22 bits per heavy atom. The first-order chi connectivity index (χ1) is 8.49. The van der Waals surface area contributed by atoms with Crippen molar-refractivity contribution in [1.82, 2.24) is 4.98 Å². The van der Waals surface area contributed by atoms with Crippen LogP contribution >= 0.6 is 15.9 Å². The molecule has 0 saturated carbocycles. The van der Waals surface area contributed by atoms with Crippen molar-refractivity contribution in [3.05, 3.63) is 27.5 Å². The monoisotopic (exact) mass is 322 g/mol. The topological polar surface area (TPSA) is 65.2 Å². The fraction of sp³-hybridized carbons (Fsp3) is 0.455. The summed E-state index contributed by atoms with van der Waals surface area (Å²) in [6.45, 7) is 2.00. The van der Waals surface area contributed by atoms with Crippen LogP contribution in [0.4, 0.5) is 8.78 Å². The molecule has 0 amide bonds. The number of carbonyl (C=O) groups excluding carboxylic acids is 1. The highest BCUT2D eigenvalue weighted by molar-refractivity contribution is 9.10. The number of alkyl halides is 2. The maximum absolute atomic E-state index is 12.8. The van der Waals surface area contributed by atoms with Gasteiger partial charge in [-0.25, -0.2) is 13.8 Å². The highest BCUT2D eigenvalue weighted by atomic mass is 79.9. The van der Waals surface area contributed by atoms with E-state index in [1.54, 1.807) is 6.92 Å². The van der Waals surface area contributed by atoms with Crippen molar-refractivity contribution in [2.24, 2.45) is 5.73 Å². The summed E-state index contributed by atoms with van der Waals surface area (Å²) >= 11 is 3.07. The van der Waals surface area contributed by atoms with Gasteiger partial charge < -0.3 is 10.5 Å². The number of nitrogens with two attached hydrogens (primary N) is 1. The van der Waals surface area contributed by atoms with Crippen molar-refractivity contribution in [3.63, 3.8) is 0 Å². The number of aromatic nitrogens is 1. The minimum atomic E-state index is -2.75. The molecule has 0 fully saturated rings. The quantitative estimate of drug-likeness (QED) is 0.667. The average Bonchev–Trinajstić information content (AvgIpc) is 2.30. The number of nitrogens with zero attached hydrogens (tertiary/aromatic N) is 1. The molecule has 0 aliphatic heterocycles. The highest BCUT2D eigenvalue weighted by Gasteiger charge is 2.19. The number of rotatable bonds is 5. The molecule has 1 aromatic heterocycles. The Hall–Kier alpha value is -1.08. The van der Waals surface area contributed by atoms with Gasteiger partial charge in [0.1, 0.15) is 10.3 Å². The molecular weight excluding hydrogens is 310 g/mol. The molecule has 0 bridgehead atoms. The zero-order valence-electron chi connectivity index (χ0n) is 9.75.